The van der Waals surface area contributed by atoms with Crippen molar-refractivity contribution in [1.82, 2.24) is 20.3 Å². The van der Waals surface area contributed by atoms with Gasteiger partial charge in [-0.05, 0) is 36.9 Å². The zero-order valence-corrected chi connectivity index (χ0v) is 20.3. The summed E-state index contributed by atoms with van der Waals surface area (Å²) in [7, 11) is 2.02. The monoisotopic (exact) mass is 476 g/mol. The van der Waals surface area contributed by atoms with E-state index in [1.807, 2.05) is 49.5 Å². The quantitative estimate of drug-likeness (QED) is 0.402. The fourth-order valence-corrected chi connectivity index (χ4v) is 4.63. The van der Waals surface area contributed by atoms with Gasteiger partial charge < -0.3 is 14.6 Å². The molecule has 0 aliphatic carbocycles. The molecule has 1 atom stereocenters. The summed E-state index contributed by atoms with van der Waals surface area (Å²) in [5.74, 6) is -0.733. The maximum Gasteiger partial charge on any atom is 0.342 e. The summed E-state index contributed by atoms with van der Waals surface area (Å²) >= 11 is 5.70. The fourth-order valence-electron chi connectivity index (χ4n) is 4.22. The molecule has 2 heterocycles. The van der Waals surface area contributed by atoms with Crippen LogP contribution in [0.1, 0.15) is 25.1 Å². The van der Waals surface area contributed by atoms with Crippen molar-refractivity contribution in [3.05, 3.63) is 83.2 Å². The van der Waals surface area contributed by atoms with Crippen molar-refractivity contribution in [2.75, 3.05) is 6.61 Å². The average Bonchev–Trinajstić information content (AvgIpc) is 3.12. The predicted octanol–water partition coefficient (Wildman–Crippen LogP) is 3.39. The van der Waals surface area contributed by atoms with Crippen molar-refractivity contribution in [1.29, 1.82) is 0 Å². The lowest BCUT2D eigenvalue weighted by Crippen LogP contribution is -2.61. The van der Waals surface area contributed by atoms with Gasteiger partial charge in [-0.3, -0.25) is 15.2 Å². The smallest absolute Gasteiger partial charge is 0.342 e. The molecule has 8 heteroatoms. The lowest BCUT2D eigenvalue weighted by molar-refractivity contribution is -0.138. The van der Waals surface area contributed by atoms with Crippen molar-refractivity contribution < 1.29 is 14.3 Å². The number of thiocarbonyl (C=S) groups is 1. The van der Waals surface area contributed by atoms with E-state index >= 15 is 0 Å². The number of hydrogen-bond acceptors (Lipinski definition) is 5. The minimum Gasteiger partial charge on any atom is -0.462 e. The van der Waals surface area contributed by atoms with Gasteiger partial charge in [0.1, 0.15) is 16.7 Å². The highest BCUT2D eigenvalue weighted by atomic mass is 32.1. The molecule has 0 saturated carbocycles. The Balaban J connectivity index is 1.64. The number of aryl methyl sites for hydroxylation is 1. The Hall–Kier alpha value is -3.65. The molecule has 0 radical (unpaired) electrons. The number of nitrogens with zero attached hydrogens (tertiary/aromatic N) is 2. The highest BCUT2D eigenvalue weighted by Crippen LogP contribution is 2.24. The lowest BCUT2D eigenvalue weighted by Gasteiger charge is -2.39. The van der Waals surface area contributed by atoms with Crippen LogP contribution in [0.25, 0.3) is 10.9 Å². The molecular weight excluding hydrogens is 448 g/mol. The Labute approximate surface area is 204 Å². The molecule has 1 unspecified atom stereocenters. The van der Waals surface area contributed by atoms with E-state index in [1.54, 1.807) is 18.9 Å². The number of para-hydroxylation sites is 1. The van der Waals surface area contributed by atoms with Gasteiger partial charge in [0.15, 0.2) is 0 Å². The predicted molar refractivity (Wildman–Crippen MR) is 136 cm³/mol. The average molecular weight is 477 g/mol. The van der Waals surface area contributed by atoms with Crippen LogP contribution in [-0.2, 0) is 34.2 Å². The molecule has 3 aromatic rings. The second kappa shape index (κ2) is 10.1. The number of esters is 1. The van der Waals surface area contributed by atoms with Crippen molar-refractivity contribution in [2.24, 2.45) is 7.05 Å². The highest BCUT2D eigenvalue weighted by Gasteiger charge is 2.35. The first-order valence-electron chi connectivity index (χ1n) is 11.2. The number of fused-ring (bicyclic) bond motifs is 1. The topological polar surface area (TPSA) is 75.6 Å². The van der Waals surface area contributed by atoms with Gasteiger partial charge in [-0.1, -0.05) is 60.7 Å². The number of allylic oxidation sites excluding steroid dienone is 1. The van der Waals surface area contributed by atoms with E-state index in [2.05, 4.69) is 33.5 Å². The first-order chi connectivity index (χ1) is 16.4. The Bertz CT molecular complexity index is 1270. The molecule has 176 valence electrons. The van der Waals surface area contributed by atoms with Gasteiger partial charge in [0.05, 0.1) is 13.0 Å². The maximum absolute atomic E-state index is 12.9. The molecule has 2 aromatic carbocycles. The summed E-state index contributed by atoms with van der Waals surface area (Å²) in [6, 6.07) is 19.8. The zero-order chi connectivity index (χ0) is 24.2. The van der Waals surface area contributed by atoms with Crippen LogP contribution in [0.15, 0.2) is 71.9 Å². The molecule has 1 aliphatic rings. The molecule has 0 spiro atoms. The van der Waals surface area contributed by atoms with Crippen LogP contribution >= 0.6 is 12.2 Å². The van der Waals surface area contributed by atoms with Crippen LogP contribution in [0.3, 0.4) is 0 Å². The molecule has 1 amide bonds. The van der Waals surface area contributed by atoms with Gasteiger partial charge in [0.2, 0.25) is 5.91 Å². The standard InChI is InChI=1S/C26H28N4O3S/c1-4-33-26(32)24-17(2)27-22(16-20-15-19-12-8-9-13-21(19)29(20)3)30(25(24)34)28-23(31)14-18-10-6-5-7-11-18/h5-13,15,22,27H,4,14,16H2,1-3H3,(H,28,31). The van der Waals surface area contributed by atoms with Gasteiger partial charge >= 0.3 is 5.97 Å². The van der Waals surface area contributed by atoms with Gasteiger partial charge in [0, 0.05) is 30.4 Å². The van der Waals surface area contributed by atoms with Crippen molar-refractivity contribution in [3.63, 3.8) is 0 Å². The fraction of sp³-hybridized carbons (Fsp3) is 0.269. The van der Waals surface area contributed by atoms with E-state index < -0.39 is 5.97 Å². The van der Waals surface area contributed by atoms with Crippen LogP contribution < -0.4 is 10.7 Å². The minimum absolute atomic E-state index is 0.193. The number of amides is 1. The number of hydrazine groups is 1. The third-order valence-corrected chi connectivity index (χ3v) is 6.29. The largest absolute Gasteiger partial charge is 0.462 e. The summed E-state index contributed by atoms with van der Waals surface area (Å²) in [4.78, 5) is 25.8. The summed E-state index contributed by atoms with van der Waals surface area (Å²) in [6.45, 7) is 3.78. The van der Waals surface area contributed by atoms with E-state index in [4.69, 9.17) is 17.0 Å². The number of nitrogens with one attached hydrogen (secondary N) is 2. The molecule has 1 aliphatic heterocycles. The maximum atomic E-state index is 12.9. The molecule has 0 fully saturated rings. The summed E-state index contributed by atoms with van der Waals surface area (Å²) in [6.07, 6.45) is 0.358. The molecule has 1 aromatic heterocycles. The van der Waals surface area contributed by atoms with E-state index in [0.29, 0.717) is 12.1 Å². The number of ether oxygens (including phenoxy) is 1. The first kappa shape index (κ1) is 23.5. The van der Waals surface area contributed by atoms with Crippen LogP contribution in [0.4, 0.5) is 0 Å². The first-order valence-corrected chi connectivity index (χ1v) is 11.6. The normalized spacial score (nSPS) is 15.9. The van der Waals surface area contributed by atoms with Gasteiger partial charge in [0.25, 0.3) is 0 Å². The molecule has 0 saturated heterocycles. The second-order valence-electron chi connectivity index (χ2n) is 8.21. The molecule has 2 N–H and O–H groups in total. The number of rotatable bonds is 7. The van der Waals surface area contributed by atoms with Crippen LogP contribution in [-0.4, -0.2) is 39.2 Å². The van der Waals surface area contributed by atoms with Crippen molar-refractivity contribution in [3.8, 4) is 0 Å². The van der Waals surface area contributed by atoms with E-state index in [1.165, 1.54) is 0 Å². The molecule has 34 heavy (non-hydrogen) atoms. The SMILES string of the molecule is CCOC(=O)C1=C(C)NC(Cc2cc3ccccc3n2C)N(NC(=O)Cc2ccccc2)C1=S. The third-order valence-electron chi connectivity index (χ3n) is 5.89. The summed E-state index contributed by atoms with van der Waals surface area (Å²) < 4.78 is 7.34. The zero-order valence-electron chi connectivity index (χ0n) is 19.5. The molecule has 7 nitrogen and oxygen atoms in total. The van der Waals surface area contributed by atoms with Crippen LogP contribution in [0.2, 0.25) is 0 Å². The third kappa shape index (κ3) is 4.82. The molecular formula is C26H28N4O3S. The Morgan fingerprint density at radius 1 is 1.12 bits per heavy atom. The van der Waals surface area contributed by atoms with Crippen LogP contribution in [0.5, 0.6) is 0 Å². The van der Waals surface area contributed by atoms with E-state index in [9.17, 15) is 9.59 Å². The molecule has 4 rings (SSSR count). The number of benzene rings is 2. The Morgan fingerprint density at radius 2 is 1.82 bits per heavy atom. The van der Waals surface area contributed by atoms with Crippen LogP contribution in [0, 0.1) is 0 Å². The highest BCUT2D eigenvalue weighted by molar-refractivity contribution is 7.80. The number of carbonyl (C=O) groups is 2. The second-order valence-corrected chi connectivity index (χ2v) is 8.60. The summed E-state index contributed by atoms with van der Waals surface area (Å²) in [5, 5.41) is 6.08. The van der Waals surface area contributed by atoms with Gasteiger partial charge in [-0.2, -0.15) is 0 Å². The van der Waals surface area contributed by atoms with Crippen molar-refractivity contribution in [2.45, 2.75) is 32.9 Å². The summed E-state index contributed by atoms with van der Waals surface area (Å²) in [5.41, 5.74) is 6.88. The minimum atomic E-state index is -0.511. The van der Waals surface area contributed by atoms with Crippen molar-refractivity contribution >= 4 is 40.0 Å². The Kier molecular flexibility index (Phi) is 6.98. The number of hydrogen-bond donors (Lipinski definition) is 2. The number of carbonyl (C=O) groups excluding carboxylic acids is 2. The van der Waals surface area contributed by atoms with Gasteiger partial charge in [-0.25, -0.2) is 4.79 Å². The van der Waals surface area contributed by atoms with Gasteiger partial charge in [-0.15, -0.1) is 0 Å². The number of aromatic nitrogens is 1. The lowest BCUT2D eigenvalue weighted by atomic mass is 10.1. The van der Waals surface area contributed by atoms with E-state index in [-0.39, 0.29) is 35.7 Å². The Morgan fingerprint density at radius 3 is 2.53 bits per heavy atom. The van der Waals surface area contributed by atoms with E-state index in [0.717, 1.165) is 22.2 Å². The molecule has 0 bridgehead atoms.